The van der Waals surface area contributed by atoms with E-state index in [1.54, 1.807) is 24.3 Å². The SMILES string of the molecule is CCOc1ccc(OCCOC(=O)c2cc([N+](=O)[O-])ccc2NCCO)cc1. The highest BCUT2D eigenvalue weighted by Crippen LogP contribution is 2.23. The van der Waals surface area contributed by atoms with Gasteiger partial charge in [-0.15, -0.1) is 0 Å². The second-order valence-corrected chi connectivity index (χ2v) is 5.53. The summed E-state index contributed by atoms with van der Waals surface area (Å²) in [6.07, 6.45) is 0. The number of esters is 1. The molecule has 0 aliphatic rings. The standard InChI is InChI=1S/C19H22N2O7/c1-2-26-15-4-6-16(7-5-15)27-11-12-28-19(23)17-13-14(21(24)25)3-8-18(17)20-9-10-22/h3-8,13,20,22H,2,9-12H2,1H3. The van der Waals surface area contributed by atoms with Crippen molar-refractivity contribution in [3.8, 4) is 11.5 Å². The fourth-order valence-corrected chi connectivity index (χ4v) is 2.33. The fourth-order valence-electron chi connectivity index (χ4n) is 2.33. The Kier molecular flexibility index (Phi) is 8.04. The summed E-state index contributed by atoms with van der Waals surface area (Å²) in [6, 6.07) is 10.8. The molecule has 2 N–H and O–H groups in total. The van der Waals surface area contributed by atoms with Crippen molar-refractivity contribution in [2.75, 3.05) is 38.3 Å². The molecule has 2 rings (SSSR count). The highest BCUT2D eigenvalue weighted by molar-refractivity contribution is 5.96. The van der Waals surface area contributed by atoms with Crippen molar-refractivity contribution in [2.45, 2.75) is 6.92 Å². The molecule has 0 bridgehead atoms. The summed E-state index contributed by atoms with van der Waals surface area (Å²) in [4.78, 5) is 22.7. The van der Waals surface area contributed by atoms with Gasteiger partial charge >= 0.3 is 5.97 Å². The molecule has 2 aromatic carbocycles. The molecule has 0 saturated carbocycles. The average Bonchev–Trinajstić information content (AvgIpc) is 2.70. The third kappa shape index (κ3) is 6.13. The maximum Gasteiger partial charge on any atom is 0.340 e. The fraction of sp³-hybridized carbons (Fsp3) is 0.316. The molecule has 0 saturated heterocycles. The molecular weight excluding hydrogens is 368 g/mol. The maximum absolute atomic E-state index is 12.3. The molecule has 150 valence electrons. The Labute approximate surface area is 162 Å². The minimum absolute atomic E-state index is 0.0173. The number of anilines is 1. The summed E-state index contributed by atoms with van der Waals surface area (Å²) in [7, 11) is 0. The van der Waals surface area contributed by atoms with Crippen molar-refractivity contribution >= 4 is 17.3 Å². The summed E-state index contributed by atoms with van der Waals surface area (Å²) < 4.78 is 16.0. The molecule has 9 nitrogen and oxygen atoms in total. The van der Waals surface area contributed by atoms with Crippen LogP contribution < -0.4 is 14.8 Å². The van der Waals surface area contributed by atoms with Gasteiger partial charge in [-0.05, 0) is 37.3 Å². The van der Waals surface area contributed by atoms with Crippen LogP contribution in [0.25, 0.3) is 0 Å². The quantitative estimate of drug-likeness (QED) is 0.260. The molecule has 0 fully saturated rings. The van der Waals surface area contributed by atoms with Crippen LogP contribution in [0, 0.1) is 10.1 Å². The van der Waals surface area contributed by atoms with Crippen LogP contribution in [0.15, 0.2) is 42.5 Å². The van der Waals surface area contributed by atoms with E-state index >= 15 is 0 Å². The summed E-state index contributed by atoms with van der Waals surface area (Å²) in [6.45, 7) is 2.59. The van der Waals surface area contributed by atoms with E-state index in [9.17, 15) is 14.9 Å². The number of carbonyl (C=O) groups is 1. The number of nitrogens with zero attached hydrogens (tertiary/aromatic N) is 1. The van der Waals surface area contributed by atoms with Crippen molar-refractivity contribution in [3.63, 3.8) is 0 Å². The molecule has 0 atom stereocenters. The third-order valence-electron chi connectivity index (χ3n) is 3.58. The van der Waals surface area contributed by atoms with Crippen molar-refractivity contribution < 1.29 is 29.0 Å². The number of carbonyl (C=O) groups excluding carboxylic acids is 1. The molecule has 0 aliphatic heterocycles. The first-order chi connectivity index (χ1) is 13.5. The van der Waals surface area contributed by atoms with Crippen molar-refractivity contribution in [1.29, 1.82) is 0 Å². The van der Waals surface area contributed by atoms with Gasteiger partial charge < -0.3 is 24.6 Å². The average molecular weight is 390 g/mol. The molecule has 0 aliphatic carbocycles. The Morgan fingerprint density at radius 3 is 2.39 bits per heavy atom. The molecule has 0 spiro atoms. The smallest absolute Gasteiger partial charge is 0.340 e. The molecule has 2 aromatic rings. The normalized spacial score (nSPS) is 10.2. The van der Waals surface area contributed by atoms with E-state index in [4.69, 9.17) is 19.3 Å². The maximum atomic E-state index is 12.3. The van der Waals surface area contributed by atoms with Gasteiger partial charge in [-0.1, -0.05) is 0 Å². The van der Waals surface area contributed by atoms with Gasteiger partial charge in [0.2, 0.25) is 0 Å². The molecular formula is C19H22N2O7. The van der Waals surface area contributed by atoms with Gasteiger partial charge in [0.25, 0.3) is 5.69 Å². The number of aliphatic hydroxyl groups excluding tert-OH is 1. The third-order valence-corrected chi connectivity index (χ3v) is 3.58. The highest BCUT2D eigenvalue weighted by atomic mass is 16.6. The summed E-state index contributed by atoms with van der Waals surface area (Å²) in [5.74, 6) is 0.606. The highest BCUT2D eigenvalue weighted by Gasteiger charge is 2.18. The van der Waals surface area contributed by atoms with Crippen LogP contribution in [0.1, 0.15) is 17.3 Å². The van der Waals surface area contributed by atoms with Gasteiger partial charge in [0, 0.05) is 24.4 Å². The number of nitro groups is 1. The predicted molar refractivity (Wildman–Crippen MR) is 102 cm³/mol. The van der Waals surface area contributed by atoms with Crippen LogP contribution in [-0.4, -0.2) is 49.0 Å². The largest absolute Gasteiger partial charge is 0.494 e. The second-order valence-electron chi connectivity index (χ2n) is 5.53. The summed E-state index contributed by atoms with van der Waals surface area (Å²) in [5.41, 5.74) is 0.132. The Morgan fingerprint density at radius 2 is 1.79 bits per heavy atom. The number of nitrogens with one attached hydrogen (secondary N) is 1. The Morgan fingerprint density at radius 1 is 1.11 bits per heavy atom. The minimum Gasteiger partial charge on any atom is -0.494 e. The lowest BCUT2D eigenvalue weighted by atomic mass is 10.1. The molecule has 0 aromatic heterocycles. The van der Waals surface area contributed by atoms with Crippen LogP contribution in [0.3, 0.4) is 0 Å². The Balaban J connectivity index is 1.92. The van der Waals surface area contributed by atoms with Gasteiger partial charge in [-0.2, -0.15) is 0 Å². The second kappa shape index (κ2) is 10.7. The van der Waals surface area contributed by atoms with Crippen LogP contribution in [0.5, 0.6) is 11.5 Å². The zero-order valence-corrected chi connectivity index (χ0v) is 15.4. The van der Waals surface area contributed by atoms with Crippen molar-refractivity contribution in [2.24, 2.45) is 0 Å². The van der Waals surface area contributed by atoms with E-state index in [1.807, 2.05) is 6.92 Å². The zero-order chi connectivity index (χ0) is 20.4. The first-order valence-corrected chi connectivity index (χ1v) is 8.71. The lowest BCUT2D eigenvalue weighted by Crippen LogP contribution is -2.15. The zero-order valence-electron chi connectivity index (χ0n) is 15.4. The number of rotatable bonds is 11. The monoisotopic (exact) mass is 390 g/mol. The number of nitro benzene ring substituents is 1. The number of benzene rings is 2. The van der Waals surface area contributed by atoms with Gasteiger partial charge in [-0.25, -0.2) is 4.79 Å². The number of ether oxygens (including phenoxy) is 3. The Bertz CT molecular complexity index is 793. The first-order valence-electron chi connectivity index (χ1n) is 8.71. The number of hydrogen-bond donors (Lipinski definition) is 2. The Hall–Kier alpha value is -3.33. The van der Waals surface area contributed by atoms with E-state index < -0.39 is 10.9 Å². The summed E-state index contributed by atoms with van der Waals surface area (Å²) >= 11 is 0. The molecule has 0 amide bonds. The van der Waals surface area contributed by atoms with E-state index in [2.05, 4.69) is 5.32 Å². The van der Waals surface area contributed by atoms with E-state index in [0.717, 1.165) is 11.8 Å². The first kappa shape index (κ1) is 21.0. The van der Waals surface area contributed by atoms with Crippen molar-refractivity contribution in [3.05, 3.63) is 58.1 Å². The van der Waals surface area contributed by atoms with Crippen molar-refractivity contribution in [1.82, 2.24) is 0 Å². The minimum atomic E-state index is -0.723. The van der Waals surface area contributed by atoms with Crippen LogP contribution >= 0.6 is 0 Å². The molecule has 28 heavy (non-hydrogen) atoms. The molecule has 9 heteroatoms. The lowest BCUT2D eigenvalue weighted by molar-refractivity contribution is -0.384. The van der Waals surface area contributed by atoms with Crippen LogP contribution in [0.2, 0.25) is 0 Å². The van der Waals surface area contributed by atoms with E-state index in [-0.39, 0.29) is 37.6 Å². The number of hydrogen-bond acceptors (Lipinski definition) is 8. The number of non-ortho nitro benzene ring substituents is 1. The number of aliphatic hydroxyl groups is 1. The van der Waals surface area contributed by atoms with Crippen LogP contribution in [-0.2, 0) is 4.74 Å². The van der Waals surface area contributed by atoms with Crippen LogP contribution in [0.4, 0.5) is 11.4 Å². The van der Waals surface area contributed by atoms with Gasteiger partial charge in [0.1, 0.15) is 24.7 Å². The predicted octanol–water partition coefficient (Wildman–Crippen LogP) is 2.63. The van der Waals surface area contributed by atoms with Gasteiger partial charge in [0.05, 0.1) is 23.7 Å². The van der Waals surface area contributed by atoms with Gasteiger partial charge in [0.15, 0.2) is 0 Å². The summed E-state index contributed by atoms with van der Waals surface area (Å²) in [5, 5.41) is 22.7. The lowest BCUT2D eigenvalue weighted by Gasteiger charge is -2.12. The molecule has 0 unspecified atom stereocenters. The molecule has 0 radical (unpaired) electrons. The molecule has 0 heterocycles. The topological polar surface area (TPSA) is 120 Å². The van der Waals surface area contributed by atoms with Gasteiger partial charge in [-0.3, -0.25) is 10.1 Å². The van der Waals surface area contributed by atoms with E-state index in [1.165, 1.54) is 12.1 Å². The van der Waals surface area contributed by atoms with E-state index in [0.29, 0.717) is 18.0 Å².